The molecule has 156 valence electrons. The highest BCUT2D eigenvalue weighted by molar-refractivity contribution is 6.31. The summed E-state index contributed by atoms with van der Waals surface area (Å²) in [7, 11) is 1.60. The smallest absolute Gasteiger partial charge is 0.266 e. The fraction of sp³-hybridized carbons (Fsp3) is 0.167. The van der Waals surface area contributed by atoms with Crippen molar-refractivity contribution in [3.63, 3.8) is 0 Å². The lowest BCUT2D eigenvalue weighted by atomic mass is 9.90. The minimum Gasteiger partial charge on any atom is -0.497 e. The highest BCUT2D eigenvalue weighted by atomic mass is 35.5. The van der Waals surface area contributed by atoms with Gasteiger partial charge in [0.2, 0.25) is 5.91 Å². The van der Waals surface area contributed by atoms with E-state index in [9.17, 15) is 9.59 Å². The number of nitrogens with zero attached hydrogens (tertiary/aromatic N) is 2. The van der Waals surface area contributed by atoms with Gasteiger partial charge in [0.05, 0.1) is 24.5 Å². The van der Waals surface area contributed by atoms with Crippen LogP contribution in [-0.2, 0) is 14.4 Å². The van der Waals surface area contributed by atoms with Crippen molar-refractivity contribution in [1.82, 2.24) is 0 Å². The summed E-state index contributed by atoms with van der Waals surface area (Å²) in [4.78, 5) is 34.1. The Morgan fingerprint density at radius 1 is 0.839 bits per heavy atom. The molecule has 0 radical (unpaired) electrons. The Hall–Kier alpha value is -3.35. The lowest BCUT2D eigenvalue weighted by Gasteiger charge is -2.28. The summed E-state index contributed by atoms with van der Waals surface area (Å²) in [6.07, 6.45) is -0.907. The van der Waals surface area contributed by atoms with Gasteiger partial charge in [-0.2, -0.15) is 0 Å². The number of ether oxygens (including phenoxy) is 1. The van der Waals surface area contributed by atoms with Crippen LogP contribution in [0.3, 0.4) is 0 Å². The second kappa shape index (κ2) is 7.72. The molecule has 3 aromatic carbocycles. The summed E-state index contributed by atoms with van der Waals surface area (Å²) in [5, 5.41) is 2.21. The van der Waals surface area contributed by atoms with E-state index in [2.05, 4.69) is 0 Å². The first-order valence-electron chi connectivity index (χ1n) is 9.87. The third-order valence-corrected chi connectivity index (χ3v) is 5.92. The Kier molecular flexibility index (Phi) is 4.88. The van der Waals surface area contributed by atoms with E-state index in [4.69, 9.17) is 21.2 Å². The number of fused-ring (bicyclic) bond motifs is 1. The normalized spacial score (nSPS) is 22.7. The third kappa shape index (κ3) is 3.24. The Morgan fingerprint density at radius 2 is 1.52 bits per heavy atom. The summed E-state index contributed by atoms with van der Waals surface area (Å²) >= 11 is 5.97. The van der Waals surface area contributed by atoms with E-state index in [1.807, 2.05) is 54.6 Å². The van der Waals surface area contributed by atoms with Gasteiger partial charge in [0, 0.05) is 5.02 Å². The SMILES string of the molecule is COc1ccc([C@@H]2[C@H]3C(=O)N(c4ccc(Cl)cc4)C(=O)[C@@H]3ON2c2ccccc2)cc1. The van der Waals surface area contributed by atoms with Gasteiger partial charge in [-0.15, -0.1) is 0 Å². The molecule has 0 spiro atoms. The van der Waals surface area contributed by atoms with Crippen LogP contribution in [0.4, 0.5) is 11.4 Å². The second-order valence-corrected chi connectivity index (χ2v) is 7.86. The van der Waals surface area contributed by atoms with E-state index >= 15 is 0 Å². The fourth-order valence-corrected chi connectivity index (χ4v) is 4.32. The van der Waals surface area contributed by atoms with Crippen LogP contribution in [0, 0.1) is 5.92 Å². The molecule has 0 aliphatic carbocycles. The van der Waals surface area contributed by atoms with Gasteiger partial charge in [-0.25, -0.2) is 9.96 Å². The largest absolute Gasteiger partial charge is 0.497 e. The Bertz CT molecular complexity index is 1120. The summed E-state index contributed by atoms with van der Waals surface area (Å²) in [5.41, 5.74) is 2.12. The molecule has 0 saturated carbocycles. The van der Waals surface area contributed by atoms with Crippen LogP contribution in [0.2, 0.25) is 5.02 Å². The number of hydrogen-bond donors (Lipinski definition) is 0. The number of carbonyl (C=O) groups excluding carboxylic acids is 2. The number of amides is 2. The number of halogens is 1. The van der Waals surface area contributed by atoms with Crippen LogP contribution >= 0.6 is 11.6 Å². The van der Waals surface area contributed by atoms with Crippen molar-refractivity contribution in [2.45, 2.75) is 12.1 Å². The van der Waals surface area contributed by atoms with Crippen molar-refractivity contribution in [1.29, 1.82) is 0 Å². The number of benzene rings is 3. The molecular formula is C24H19ClN2O4. The van der Waals surface area contributed by atoms with Gasteiger partial charge in [-0.05, 0) is 54.1 Å². The maximum Gasteiger partial charge on any atom is 0.266 e. The minimum atomic E-state index is -0.907. The zero-order valence-electron chi connectivity index (χ0n) is 16.6. The standard InChI is InChI=1S/C24H19ClN2O4/c1-30-19-13-7-15(8-14-19)21-20-22(31-27(21)18-5-3-2-4-6-18)24(29)26(23(20)28)17-11-9-16(25)10-12-17/h2-14,20-22H,1H3/t20-,21-,22-/m1/s1. The van der Waals surface area contributed by atoms with Crippen molar-refractivity contribution in [2.24, 2.45) is 5.92 Å². The number of anilines is 2. The average Bonchev–Trinajstić information content (AvgIpc) is 3.31. The number of para-hydroxylation sites is 1. The fourth-order valence-electron chi connectivity index (χ4n) is 4.20. The number of methoxy groups -OCH3 is 1. The van der Waals surface area contributed by atoms with Crippen molar-refractivity contribution < 1.29 is 19.2 Å². The number of carbonyl (C=O) groups is 2. The van der Waals surface area contributed by atoms with Gasteiger partial charge < -0.3 is 4.74 Å². The molecule has 2 aliphatic heterocycles. The highest BCUT2D eigenvalue weighted by Gasteiger charge is 2.60. The molecule has 2 heterocycles. The molecule has 31 heavy (non-hydrogen) atoms. The van der Waals surface area contributed by atoms with Gasteiger partial charge in [-0.1, -0.05) is 41.9 Å². The predicted molar refractivity (Wildman–Crippen MR) is 117 cm³/mol. The van der Waals surface area contributed by atoms with E-state index in [0.717, 1.165) is 11.3 Å². The van der Waals surface area contributed by atoms with Gasteiger partial charge in [0.25, 0.3) is 5.91 Å². The average molecular weight is 435 g/mol. The van der Waals surface area contributed by atoms with E-state index in [-0.39, 0.29) is 11.8 Å². The Labute approximate surface area is 184 Å². The van der Waals surface area contributed by atoms with Crippen molar-refractivity contribution in [2.75, 3.05) is 17.1 Å². The lowest BCUT2D eigenvalue weighted by Crippen LogP contribution is -2.37. The quantitative estimate of drug-likeness (QED) is 0.570. The Morgan fingerprint density at radius 3 is 2.16 bits per heavy atom. The van der Waals surface area contributed by atoms with Crippen molar-refractivity contribution in [3.8, 4) is 5.75 Å². The summed E-state index contributed by atoms with van der Waals surface area (Å²) in [6, 6.07) is 23.1. The van der Waals surface area contributed by atoms with Crippen LogP contribution in [0.1, 0.15) is 11.6 Å². The highest BCUT2D eigenvalue weighted by Crippen LogP contribution is 2.47. The molecule has 6 nitrogen and oxygen atoms in total. The minimum absolute atomic E-state index is 0.295. The molecule has 2 aliphatic rings. The molecule has 0 unspecified atom stereocenters. The first-order valence-corrected chi connectivity index (χ1v) is 10.2. The Balaban J connectivity index is 1.57. The predicted octanol–water partition coefficient (Wildman–Crippen LogP) is 4.40. The summed E-state index contributed by atoms with van der Waals surface area (Å²) in [6.45, 7) is 0. The maximum absolute atomic E-state index is 13.5. The topological polar surface area (TPSA) is 59.1 Å². The summed E-state index contributed by atoms with van der Waals surface area (Å²) in [5.74, 6) is -0.648. The molecule has 5 rings (SSSR count). The molecule has 0 N–H and O–H groups in total. The van der Waals surface area contributed by atoms with Crippen LogP contribution in [0.5, 0.6) is 5.75 Å². The zero-order valence-corrected chi connectivity index (χ0v) is 17.4. The number of hydroxylamine groups is 1. The van der Waals surface area contributed by atoms with E-state index in [1.54, 1.807) is 36.4 Å². The molecule has 7 heteroatoms. The number of imide groups is 1. The molecule has 2 amide bonds. The molecule has 2 fully saturated rings. The van der Waals surface area contributed by atoms with Gasteiger partial charge >= 0.3 is 0 Å². The molecule has 0 bridgehead atoms. The monoisotopic (exact) mass is 434 g/mol. The van der Waals surface area contributed by atoms with E-state index < -0.39 is 18.1 Å². The first-order chi connectivity index (χ1) is 15.1. The van der Waals surface area contributed by atoms with Gasteiger partial charge in [0.1, 0.15) is 11.7 Å². The molecule has 0 aromatic heterocycles. The van der Waals surface area contributed by atoms with Crippen molar-refractivity contribution in [3.05, 3.63) is 89.4 Å². The molecule has 2 saturated heterocycles. The van der Waals surface area contributed by atoms with E-state index in [1.165, 1.54) is 4.90 Å². The van der Waals surface area contributed by atoms with Crippen LogP contribution < -0.4 is 14.7 Å². The zero-order chi connectivity index (χ0) is 21.5. The third-order valence-electron chi connectivity index (χ3n) is 5.67. The van der Waals surface area contributed by atoms with Crippen LogP contribution in [-0.4, -0.2) is 25.0 Å². The van der Waals surface area contributed by atoms with Crippen LogP contribution in [0.25, 0.3) is 0 Å². The molecule has 3 atom stereocenters. The maximum atomic E-state index is 13.5. The lowest BCUT2D eigenvalue weighted by molar-refractivity contribution is -0.126. The number of rotatable bonds is 4. The van der Waals surface area contributed by atoms with Crippen molar-refractivity contribution >= 4 is 34.8 Å². The van der Waals surface area contributed by atoms with Gasteiger partial charge in [0.15, 0.2) is 6.10 Å². The van der Waals surface area contributed by atoms with Gasteiger partial charge in [-0.3, -0.25) is 14.4 Å². The first kappa shape index (κ1) is 19.6. The van der Waals surface area contributed by atoms with Crippen LogP contribution in [0.15, 0.2) is 78.9 Å². The summed E-state index contributed by atoms with van der Waals surface area (Å²) < 4.78 is 5.27. The van der Waals surface area contributed by atoms with E-state index in [0.29, 0.717) is 16.5 Å². The molecular weight excluding hydrogens is 416 g/mol. The second-order valence-electron chi connectivity index (χ2n) is 7.42. The number of hydrogen-bond acceptors (Lipinski definition) is 5. The molecule has 3 aromatic rings.